The van der Waals surface area contributed by atoms with Gasteiger partial charge >= 0.3 is 6.03 Å². The highest BCUT2D eigenvalue weighted by molar-refractivity contribution is 6.30. The quantitative estimate of drug-likeness (QED) is 0.813. The molecule has 0 saturated carbocycles. The van der Waals surface area contributed by atoms with Crippen LogP contribution in [0.2, 0.25) is 5.02 Å². The maximum Gasteiger partial charge on any atom is 0.317 e. The molecule has 2 saturated heterocycles. The van der Waals surface area contributed by atoms with E-state index < -0.39 is 0 Å². The highest BCUT2D eigenvalue weighted by Gasteiger charge is 2.29. The van der Waals surface area contributed by atoms with Crippen LogP contribution < -0.4 is 5.32 Å². The van der Waals surface area contributed by atoms with Crippen molar-refractivity contribution in [2.45, 2.75) is 44.6 Å². The van der Waals surface area contributed by atoms with Crippen molar-refractivity contribution in [1.82, 2.24) is 15.1 Å². The van der Waals surface area contributed by atoms with Crippen LogP contribution in [0.5, 0.6) is 0 Å². The minimum atomic E-state index is 0.0751. The van der Waals surface area contributed by atoms with E-state index >= 15 is 0 Å². The van der Waals surface area contributed by atoms with Crippen molar-refractivity contribution in [3.05, 3.63) is 34.9 Å². The fraction of sp³-hybridized carbons (Fsp3) is 0.632. The van der Waals surface area contributed by atoms with E-state index in [1.54, 1.807) is 0 Å². The molecule has 1 aromatic rings. The Kier molecular flexibility index (Phi) is 6.38. The largest absolute Gasteiger partial charge is 0.338 e. The first-order chi connectivity index (χ1) is 11.7. The van der Waals surface area contributed by atoms with E-state index in [9.17, 15) is 4.79 Å². The van der Waals surface area contributed by atoms with Gasteiger partial charge in [0.2, 0.25) is 0 Å². The van der Waals surface area contributed by atoms with E-state index in [4.69, 9.17) is 11.6 Å². The SMILES string of the molecule is O=C(NCCCN1CCCCC1)N1CCCC1c1ccc(Cl)cc1. The number of amides is 2. The number of nitrogens with one attached hydrogen (secondary N) is 1. The first-order valence-corrected chi connectivity index (χ1v) is 9.64. The number of hydrogen-bond acceptors (Lipinski definition) is 2. The van der Waals surface area contributed by atoms with Crippen molar-refractivity contribution < 1.29 is 4.79 Å². The zero-order valence-corrected chi connectivity index (χ0v) is 15.1. The summed E-state index contributed by atoms with van der Waals surface area (Å²) in [6.45, 7) is 5.14. The Labute approximate surface area is 150 Å². The van der Waals surface area contributed by atoms with Crippen molar-refractivity contribution in [2.75, 3.05) is 32.7 Å². The molecule has 2 heterocycles. The van der Waals surface area contributed by atoms with Crippen LogP contribution in [0.4, 0.5) is 4.79 Å². The minimum absolute atomic E-state index is 0.0751. The van der Waals surface area contributed by atoms with Crippen molar-refractivity contribution >= 4 is 17.6 Å². The van der Waals surface area contributed by atoms with Crippen molar-refractivity contribution in [2.24, 2.45) is 0 Å². The number of carbonyl (C=O) groups excluding carboxylic acids is 1. The van der Waals surface area contributed by atoms with Gasteiger partial charge in [0.25, 0.3) is 0 Å². The summed E-state index contributed by atoms with van der Waals surface area (Å²) in [5, 5.41) is 3.85. The lowest BCUT2D eigenvalue weighted by Gasteiger charge is -2.27. The van der Waals surface area contributed by atoms with Crippen LogP contribution in [0, 0.1) is 0 Å². The lowest BCUT2D eigenvalue weighted by Crippen LogP contribution is -2.40. The predicted molar refractivity (Wildman–Crippen MR) is 98.4 cm³/mol. The fourth-order valence-corrected chi connectivity index (χ4v) is 3.95. The van der Waals surface area contributed by atoms with Crippen molar-refractivity contribution in [3.63, 3.8) is 0 Å². The molecule has 132 valence electrons. The molecule has 24 heavy (non-hydrogen) atoms. The highest BCUT2D eigenvalue weighted by Crippen LogP contribution is 2.32. The molecule has 1 unspecified atom stereocenters. The molecule has 1 aromatic carbocycles. The Bertz CT molecular complexity index is 528. The number of nitrogens with zero attached hydrogens (tertiary/aromatic N) is 2. The van der Waals surface area contributed by atoms with Crippen LogP contribution in [-0.2, 0) is 0 Å². The summed E-state index contributed by atoms with van der Waals surface area (Å²) in [5.74, 6) is 0. The van der Waals surface area contributed by atoms with Gasteiger partial charge in [0, 0.05) is 18.1 Å². The molecular weight excluding hydrogens is 322 g/mol. The second kappa shape index (κ2) is 8.72. The van der Waals surface area contributed by atoms with Crippen molar-refractivity contribution in [1.29, 1.82) is 0 Å². The monoisotopic (exact) mass is 349 g/mol. The second-order valence-corrected chi connectivity index (χ2v) is 7.33. The number of hydrogen-bond donors (Lipinski definition) is 1. The van der Waals surface area contributed by atoms with Gasteiger partial charge in [-0.25, -0.2) is 4.79 Å². The zero-order valence-electron chi connectivity index (χ0n) is 14.3. The molecule has 5 heteroatoms. The third kappa shape index (κ3) is 4.64. The normalized spacial score (nSPS) is 21.9. The van der Waals surface area contributed by atoms with Gasteiger partial charge in [0.1, 0.15) is 0 Å². The predicted octanol–water partition coefficient (Wildman–Crippen LogP) is 4.06. The van der Waals surface area contributed by atoms with Crippen LogP contribution in [0.1, 0.15) is 50.1 Å². The summed E-state index contributed by atoms with van der Waals surface area (Å²) >= 11 is 5.97. The average molecular weight is 350 g/mol. The summed E-state index contributed by atoms with van der Waals surface area (Å²) in [7, 11) is 0. The van der Waals surface area contributed by atoms with E-state index in [-0.39, 0.29) is 12.1 Å². The molecule has 0 radical (unpaired) electrons. The molecular formula is C19H28ClN3O. The van der Waals surface area contributed by atoms with Gasteiger partial charge in [0.05, 0.1) is 6.04 Å². The molecule has 1 N–H and O–H groups in total. The third-order valence-corrected chi connectivity index (χ3v) is 5.40. The van der Waals surface area contributed by atoms with E-state index in [2.05, 4.69) is 10.2 Å². The van der Waals surface area contributed by atoms with Gasteiger partial charge in [-0.1, -0.05) is 30.2 Å². The molecule has 2 fully saturated rings. The van der Waals surface area contributed by atoms with Crippen LogP contribution in [0.15, 0.2) is 24.3 Å². The number of urea groups is 1. The lowest BCUT2D eigenvalue weighted by molar-refractivity contribution is 0.190. The lowest BCUT2D eigenvalue weighted by atomic mass is 10.1. The molecule has 2 aliphatic heterocycles. The van der Waals surface area contributed by atoms with Crippen LogP contribution in [0.3, 0.4) is 0 Å². The molecule has 3 rings (SSSR count). The number of piperidine rings is 1. The fourth-order valence-electron chi connectivity index (χ4n) is 3.82. The number of benzene rings is 1. The Morgan fingerprint density at radius 2 is 1.83 bits per heavy atom. The second-order valence-electron chi connectivity index (χ2n) is 6.89. The number of rotatable bonds is 5. The van der Waals surface area contributed by atoms with Gasteiger partial charge in [-0.3, -0.25) is 0 Å². The van der Waals surface area contributed by atoms with E-state index in [1.165, 1.54) is 37.9 Å². The average Bonchev–Trinajstić information content (AvgIpc) is 3.10. The Morgan fingerprint density at radius 3 is 2.58 bits per heavy atom. The zero-order chi connectivity index (χ0) is 16.8. The Hall–Kier alpha value is -1.26. The molecule has 0 bridgehead atoms. The minimum Gasteiger partial charge on any atom is -0.338 e. The number of carbonyl (C=O) groups is 1. The van der Waals surface area contributed by atoms with Crippen LogP contribution in [-0.4, -0.2) is 48.6 Å². The van der Waals surface area contributed by atoms with Gasteiger partial charge < -0.3 is 15.1 Å². The molecule has 0 aliphatic carbocycles. The Morgan fingerprint density at radius 1 is 1.08 bits per heavy atom. The van der Waals surface area contributed by atoms with Gasteiger partial charge in [-0.05, 0) is 69.4 Å². The summed E-state index contributed by atoms with van der Waals surface area (Å²) in [5.41, 5.74) is 1.18. The summed E-state index contributed by atoms with van der Waals surface area (Å²) in [6.07, 6.45) is 7.14. The summed E-state index contributed by atoms with van der Waals surface area (Å²) in [4.78, 5) is 17.0. The van der Waals surface area contributed by atoms with Gasteiger partial charge in [-0.2, -0.15) is 0 Å². The molecule has 0 spiro atoms. The van der Waals surface area contributed by atoms with Crippen LogP contribution >= 0.6 is 11.6 Å². The first kappa shape index (κ1) is 17.6. The molecule has 2 amide bonds. The maximum atomic E-state index is 12.5. The highest BCUT2D eigenvalue weighted by atomic mass is 35.5. The molecule has 0 aromatic heterocycles. The summed E-state index contributed by atoms with van der Waals surface area (Å²) in [6, 6.07) is 8.15. The molecule has 1 atom stereocenters. The molecule has 2 aliphatic rings. The number of halogens is 1. The van der Waals surface area contributed by atoms with E-state index in [1.807, 2.05) is 29.2 Å². The summed E-state index contributed by atoms with van der Waals surface area (Å²) < 4.78 is 0. The van der Waals surface area contributed by atoms with Gasteiger partial charge in [0.15, 0.2) is 0 Å². The molecule has 4 nitrogen and oxygen atoms in total. The Balaban J connectivity index is 1.44. The topological polar surface area (TPSA) is 35.6 Å². The van der Waals surface area contributed by atoms with Gasteiger partial charge in [-0.15, -0.1) is 0 Å². The maximum absolute atomic E-state index is 12.5. The third-order valence-electron chi connectivity index (χ3n) is 5.14. The first-order valence-electron chi connectivity index (χ1n) is 9.26. The number of likely N-dealkylation sites (tertiary alicyclic amines) is 2. The van der Waals surface area contributed by atoms with E-state index in [0.29, 0.717) is 0 Å². The smallest absolute Gasteiger partial charge is 0.317 e. The van der Waals surface area contributed by atoms with E-state index in [0.717, 1.165) is 43.9 Å². The van der Waals surface area contributed by atoms with Crippen molar-refractivity contribution in [3.8, 4) is 0 Å². The standard InChI is InChI=1S/C19H28ClN3O/c20-17-9-7-16(8-10-17)18-6-4-15-23(18)19(24)21-11-5-14-22-12-2-1-3-13-22/h7-10,18H,1-6,11-15H2,(H,21,24). The van der Waals surface area contributed by atoms with Crippen LogP contribution in [0.25, 0.3) is 0 Å².